The summed E-state index contributed by atoms with van der Waals surface area (Å²) >= 11 is 11.8. The molecule has 0 saturated heterocycles. The lowest BCUT2D eigenvalue weighted by Gasteiger charge is -2.14. The standard InChI is InChI=1S/C15H12Cl2N4O/c1-10(11-2-6-13(16)7-3-11)22-21-15(18-19-20-21)12-4-8-14(17)9-5-12/h2-10H,1H3. The number of benzene rings is 2. The minimum Gasteiger partial charge on any atom is -0.386 e. The lowest BCUT2D eigenvalue weighted by Crippen LogP contribution is -2.18. The van der Waals surface area contributed by atoms with E-state index in [2.05, 4.69) is 15.5 Å². The topological polar surface area (TPSA) is 52.8 Å². The number of hydrogen-bond donors (Lipinski definition) is 0. The fourth-order valence-corrected chi connectivity index (χ4v) is 2.21. The molecule has 0 N–H and O–H groups in total. The van der Waals surface area contributed by atoms with Gasteiger partial charge in [-0.15, -0.1) is 5.10 Å². The lowest BCUT2D eigenvalue weighted by molar-refractivity contribution is 0.0243. The van der Waals surface area contributed by atoms with Crippen molar-refractivity contribution in [2.24, 2.45) is 0 Å². The summed E-state index contributed by atoms with van der Waals surface area (Å²) in [4.78, 5) is 7.11. The van der Waals surface area contributed by atoms with E-state index < -0.39 is 0 Å². The molecular weight excluding hydrogens is 323 g/mol. The first-order chi connectivity index (χ1) is 10.6. The maximum atomic E-state index is 5.89. The Morgan fingerprint density at radius 2 is 1.55 bits per heavy atom. The average Bonchev–Trinajstić information content (AvgIpc) is 2.97. The summed E-state index contributed by atoms with van der Waals surface area (Å²) in [5.41, 5.74) is 1.79. The van der Waals surface area contributed by atoms with E-state index in [1.165, 1.54) is 4.85 Å². The van der Waals surface area contributed by atoms with Gasteiger partial charge in [0.25, 0.3) is 0 Å². The summed E-state index contributed by atoms with van der Waals surface area (Å²) in [7, 11) is 0. The van der Waals surface area contributed by atoms with Crippen molar-refractivity contribution in [3.05, 3.63) is 64.1 Å². The van der Waals surface area contributed by atoms with Crippen LogP contribution in [0.2, 0.25) is 10.0 Å². The number of halogens is 2. The van der Waals surface area contributed by atoms with E-state index in [9.17, 15) is 0 Å². The van der Waals surface area contributed by atoms with Gasteiger partial charge in [-0.1, -0.05) is 40.2 Å². The van der Waals surface area contributed by atoms with Gasteiger partial charge in [-0.05, 0) is 59.3 Å². The highest BCUT2D eigenvalue weighted by Gasteiger charge is 2.14. The Labute approximate surface area is 137 Å². The summed E-state index contributed by atoms with van der Waals surface area (Å²) in [5.74, 6) is 0.512. The Morgan fingerprint density at radius 3 is 2.18 bits per heavy atom. The second kappa shape index (κ2) is 6.34. The Bertz CT molecular complexity index is 756. The van der Waals surface area contributed by atoms with E-state index in [0.717, 1.165) is 11.1 Å². The maximum Gasteiger partial charge on any atom is 0.222 e. The van der Waals surface area contributed by atoms with Crippen LogP contribution in [-0.4, -0.2) is 20.4 Å². The maximum absolute atomic E-state index is 5.89. The van der Waals surface area contributed by atoms with Crippen LogP contribution in [0.3, 0.4) is 0 Å². The normalized spacial score (nSPS) is 12.1. The summed E-state index contributed by atoms with van der Waals surface area (Å²) < 4.78 is 0. The van der Waals surface area contributed by atoms with Crippen molar-refractivity contribution in [2.45, 2.75) is 13.0 Å². The zero-order valence-electron chi connectivity index (χ0n) is 11.6. The fraction of sp³-hybridized carbons (Fsp3) is 0.133. The van der Waals surface area contributed by atoms with Crippen molar-refractivity contribution in [2.75, 3.05) is 0 Å². The van der Waals surface area contributed by atoms with Crippen LogP contribution in [0.1, 0.15) is 18.6 Å². The average molecular weight is 335 g/mol. The number of tetrazole rings is 1. The Morgan fingerprint density at radius 1 is 0.955 bits per heavy atom. The van der Waals surface area contributed by atoms with Crippen molar-refractivity contribution in [1.82, 2.24) is 20.4 Å². The summed E-state index contributed by atoms with van der Waals surface area (Å²) in [6.45, 7) is 1.91. The van der Waals surface area contributed by atoms with Gasteiger partial charge in [-0.3, -0.25) is 0 Å². The van der Waals surface area contributed by atoms with Crippen LogP contribution >= 0.6 is 23.2 Å². The molecule has 0 aliphatic heterocycles. The third-order valence-corrected chi connectivity index (χ3v) is 3.65. The summed E-state index contributed by atoms with van der Waals surface area (Å²) in [6, 6.07) is 14.7. The van der Waals surface area contributed by atoms with Gasteiger partial charge in [0, 0.05) is 15.6 Å². The highest BCUT2D eigenvalue weighted by atomic mass is 35.5. The first kappa shape index (κ1) is 14.8. The molecule has 0 bridgehead atoms. The number of aromatic nitrogens is 4. The molecule has 7 heteroatoms. The molecule has 3 rings (SSSR count). The molecule has 0 saturated carbocycles. The Balaban J connectivity index is 1.83. The highest BCUT2D eigenvalue weighted by Crippen LogP contribution is 2.21. The molecule has 2 aromatic carbocycles. The van der Waals surface area contributed by atoms with E-state index in [1.54, 1.807) is 12.1 Å². The molecule has 5 nitrogen and oxygen atoms in total. The van der Waals surface area contributed by atoms with Crippen LogP contribution in [-0.2, 0) is 0 Å². The molecule has 0 aliphatic carbocycles. The largest absolute Gasteiger partial charge is 0.386 e. The summed E-state index contributed by atoms with van der Waals surface area (Å²) in [5, 5.41) is 12.9. The molecule has 0 amide bonds. The van der Waals surface area contributed by atoms with Gasteiger partial charge in [0.1, 0.15) is 6.10 Å². The minimum absolute atomic E-state index is 0.230. The van der Waals surface area contributed by atoms with Gasteiger partial charge in [0.15, 0.2) is 0 Å². The van der Waals surface area contributed by atoms with Crippen molar-refractivity contribution < 1.29 is 4.84 Å². The highest BCUT2D eigenvalue weighted by molar-refractivity contribution is 6.30. The van der Waals surface area contributed by atoms with Crippen LogP contribution in [0.4, 0.5) is 0 Å². The second-order valence-corrected chi connectivity index (χ2v) is 5.55. The van der Waals surface area contributed by atoms with Gasteiger partial charge in [0.05, 0.1) is 0 Å². The monoisotopic (exact) mass is 334 g/mol. The fourth-order valence-electron chi connectivity index (χ4n) is 1.96. The van der Waals surface area contributed by atoms with Crippen molar-refractivity contribution in [3.63, 3.8) is 0 Å². The van der Waals surface area contributed by atoms with Gasteiger partial charge >= 0.3 is 0 Å². The smallest absolute Gasteiger partial charge is 0.222 e. The molecular formula is C15H12Cl2N4O. The number of hydrogen-bond acceptors (Lipinski definition) is 4. The van der Waals surface area contributed by atoms with Crippen molar-refractivity contribution in [3.8, 4) is 11.4 Å². The van der Waals surface area contributed by atoms with Crippen molar-refractivity contribution in [1.29, 1.82) is 0 Å². The molecule has 1 heterocycles. The summed E-state index contributed by atoms with van der Waals surface area (Å²) in [6.07, 6.45) is -0.230. The van der Waals surface area contributed by atoms with E-state index in [0.29, 0.717) is 15.9 Å². The molecule has 0 aliphatic rings. The molecule has 3 aromatic rings. The molecule has 1 atom stereocenters. The SMILES string of the molecule is CC(On1nnnc1-c1ccc(Cl)cc1)c1ccc(Cl)cc1. The molecule has 22 heavy (non-hydrogen) atoms. The zero-order valence-corrected chi connectivity index (χ0v) is 13.2. The first-order valence-electron chi connectivity index (χ1n) is 6.60. The number of nitrogens with zero attached hydrogens (tertiary/aromatic N) is 4. The first-order valence-corrected chi connectivity index (χ1v) is 7.36. The zero-order chi connectivity index (χ0) is 15.5. The van der Waals surface area contributed by atoms with Crippen molar-refractivity contribution >= 4 is 23.2 Å². The van der Waals surface area contributed by atoms with Gasteiger partial charge in [0.2, 0.25) is 5.82 Å². The van der Waals surface area contributed by atoms with Gasteiger partial charge in [-0.25, -0.2) is 0 Å². The van der Waals surface area contributed by atoms with E-state index in [4.69, 9.17) is 28.0 Å². The molecule has 0 radical (unpaired) electrons. The van der Waals surface area contributed by atoms with Gasteiger partial charge < -0.3 is 4.84 Å². The molecule has 112 valence electrons. The third-order valence-electron chi connectivity index (χ3n) is 3.14. The third kappa shape index (κ3) is 3.21. The Hall–Kier alpha value is -2.11. The van der Waals surface area contributed by atoms with E-state index in [1.807, 2.05) is 43.3 Å². The minimum atomic E-state index is -0.230. The van der Waals surface area contributed by atoms with E-state index in [-0.39, 0.29) is 6.10 Å². The van der Waals surface area contributed by atoms with Crippen LogP contribution in [0.25, 0.3) is 11.4 Å². The molecule has 1 unspecified atom stereocenters. The molecule has 0 fully saturated rings. The molecule has 1 aromatic heterocycles. The van der Waals surface area contributed by atoms with Crippen LogP contribution < -0.4 is 4.84 Å². The van der Waals surface area contributed by atoms with E-state index >= 15 is 0 Å². The second-order valence-electron chi connectivity index (χ2n) is 4.68. The predicted octanol–water partition coefficient (Wildman–Crippen LogP) is 3.84. The van der Waals surface area contributed by atoms with Crippen LogP contribution in [0, 0.1) is 0 Å². The van der Waals surface area contributed by atoms with Crippen LogP contribution in [0.5, 0.6) is 0 Å². The predicted molar refractivity (Wildman–Crippen MR) is 84.7 cm³/mol. The van der Waals surface area contributed by atoms with Gasteiger partial charge in [-0.2, -0.15) is 0 Å². The Kier molecular flexibility index (Phi) is 4.27. The van der Waals surface area contributed by atoms with Crippen LogP contribution in [0.15, 0.2) is 48.5 Å². The quantitative estimate of drug-likeness (QED) is 0.727. The lowest BCUT2D eigenvalue weighted by atomic mass is 10.1. The number of rotatable bonds is 4. The molecule has 0 spiro atoms.